The van der Waals surface area contributed by atoms with Gasteiger partial charge < -0.3 is 15.2 Å². The van der Waals surface area contributed by atoms with Gasteiger partial charge in [0.05, 0.1) is 25.3 Å². The number of nitrogens with zero attached hydrogens (tertiary/aromatic N) is 1. The topological polar surface area (TPSA) is 64.8 Å². The number of hydrogen-bond donors (Lipinski definition) is 1. The van der Waals surface area contributed by atoms with E-state index in [9.17, 15) is 4.79 Å². The van der Waals surface area contributed by atoms with Gasteiger partial charge >= 0.3 is 6.09 Å². The summed E-state index contributed by atoms with van der Waals surface area (Å²) in [5, 5.41) is 0. The average molecular weight is 242 g/mol. The fraction of sp³-hybridized carbons (Fsp3) is 0.917. The summed E-state index contributed by atoms with van der Waals surface area (Å²) in [5.41, 5.74) is 5.53. The third kappa shape index (κ3) is 2.90. The number of carbonyl (C=O) groups excluding carboxylic acids is 1. The zero-order valence-corrected chi connectivity index (χ0v) is 10.8. The van der Waals surface area contributed by atoms with Crippen molar-refractivity contribution in [3.8, 4) is 0 Å². The van der Waals surface area contributed by atoms with Crippen molar-refractivity contribution in [2.75, 3.05) is 13.2 Å². The largest absolute Gasteiger partial charge is 0.444 e. The quantitative estimate of drug-likeness (QED) is 0.691. The highest BCUT2D eigenvalue weighted by atomic mass is 16.6. The van der Waals surface area contributed by atoms with E-state index in [1.165, 1.54) is 0 Å². The van der Waals surface area contributed by atoms with Crippen molar-refractivity contribution >= 4 is 6.09 Å². The molecular weight excluding hydrogens is 220 g/mol. The van der Waals surface area contributed by atoms with Crippen LogP contribution in [0.2, 0.25) is 0 Å². The molecule has 5 heteroatoms. The van der Waals surface area contributed by atoms with E-state index in [0.717, 1.165) is 12.8 Å². The minimum Gasteiger partial charge on any atom is -0.444 e. The average Bonchev–Trinajstić information content (AvgIpc) is 2.12. The molecule has 2 fully saturated rings. The number of piperidine rings is 1. The standard InChI is InChI=1S/C12H22N2O3/c1-12(2,3)17-11(15)14-9-4-8(13)5-10(14)7-16-6-9/h8-10H,4-7,13H2,1-3H3/t9-,10-/m1/s1. The third-order valence-corrected chi connectivity index (χ3v) is 3.16. The van der Waals surface area contributed by atoms with E-state index in [0.29, 0.717) is 13.2 Å². The Bertz CT molecular complexity index is 287. The number of morpholine rings is 1. The molecule has 0 aliphatic carbocycles. The molecule has 2 heterocycles. The summed E-state index contributed by atoms with van der Waals surface area (Å²) >= 11 is 0. The van der Waals surface area contributed by atoms with Gasteiger partial charge in [-0.05, 0) is 33.6 Å². The van der Waals surface area contributed by atoms with Crippen molar-refractivity contribution in [3.05, 3.63) is 0 Å². The van der Waals surface area contributed by atoms with E-state index in [4.69, 9.17) is 15.2 Å². The molecule has 0 aromatic rings. The van der Waals surface area contributed by atoms with Gasteiger partial charge in [0.15, 0.2) is 0 Å². The Morgan fingerprint density at radius 2 is 1.82 bits per heavy atom. The first-order valence-electron chi connectivity index (χ1n) is 6.21. The Labute approximate surface area is 102 Å². The van der Waals surface area contributed by atoms with Crippen LogP contribution in [0.1, 0.15) is 33.6 Å². The van der Waals surface area contributed by atoms with E-state index in [1.54, 1.807) is 0 Å². The first-order chi connectivity index (χ1) is 7.87. The lowest BCUT2D eigenvalue weighted by Crippen LogP contribution is -2.62. The lowest BCUT2D eigenvalue weighted by Gasteiger charge is -2.47. The van der Waals surface area contributed by atoms with Gasteiger partial charge in [-0.25, -0.2) is 4.79 Å². The van der Waals surface area contributed by atoms with Crippen molar-refractivity contribution in [1.29, 1.82) is 0 Å². The number of hydrogen-bond acceptors (Lipinski definition) is 4. The van der Waals surface area contributed by atoms with Crippen LogP contribution in [-0.2, 0) is 9.47 Å². The lowest BCUT2D eigenvalue weighted by atomic mass is 9.91. The first-order valence-corrected chi connectivity index (χ1v) is 6.21. The second-order valence-corrected chi connectivity index (χ2v) is 5.96. The van der Waals surface area contributed by atoms with Gasteiger partial charge in [-0.15, -0.1) is 0 Å². The number of fused-ring (bicyclic) bond motifs is 2. The predicted octanol–water partition coefficient (Wildman–Crippen LogP) is 1.11. The molecule has 2 atom stereocenters. The zero-order valence-electron chi connectivity index (χ0n) is 10.8. The molecule has 98 valence electrons. The molecular formula is C12H22N2O3. The molecule has 0 aromatic heterocycles. The molecule has 17 heavy (non-hydrogen) atoms. The van der Waals surface area contributed by atoms with Crippen LogP contribution in [0.15, 0.2) is 0 Å². The maximum Gasteiger partial charge on any atom is 0.410 e. The van der Waals surface area contributed by atoms with Gasteiger partial charge in [0.2, 0.25) is 0 Å². The first kappa shape index (κ1) is 12.6. The molecule has 2 aliphatic heterocycles. The molecule has 0 radical (unpaired) electrons. The maximum atomic E-state index is 12.1. The van der Waals surface area contributed by atoms with Gasteiger partial charge in [-0.3, -0.25) is 4.90 Å². The zero-order chi connectivity index (χ0) is 12.6. The van der Waals surface area contributed by atoms with Crippen LogP contribution in [0, 0.1) is 0 Å². The van der Waals surface area contributed by atoms with E-state index in [2.05, 4.69) is 0 Å². The van der Waals surface area contributed by atoms with Crippen LogP contribution in [0.3, 0.4) is 0 Å². The second kappa shape index (κ2) is 4.46. The summed E-state index contributed by atoms with van der Waals surface area (Å²) in [5.74, 6) is 0. The molecule has 5 nitrogen and oxygen atoms in total. The predicted molar refractivity (Wildman–Crippen MR) is 63.7 cm³/mol. The lowest BCUT2D eigenvalue weighted by molar-refractivity contribution is -0.0817. The number of nitrogens with two attached hydrogens (primary N) is 1. The summed E-state index contributed by atoms with van der Waals surface area (Å²) < 4.78 is 10.9. The van der Waals surface area contributed by atoms with E-state index < -0.39 is 5.60 Å². The molecule has 2 aliphatic rings. The molecule has 2 rings (SSSR count). The number of ether oxygens (including phenoxy) is 2. The van der Waals surface area contributed by atoms with Gasteiger partial charge in [-0.1, -0.05) is 0 Å². The van der Waals surface area contributed by atoms with Crippen molar-refractivity contribution in [2.45, 2.75) is 57.3 Å². The Morgan fingerprint density at radius 1 is 1.29 bits per heavy atom. The minimum absolute atomic E-state index is 0.0762. The van der Waals surface area contributed by atoms with Crippen LogP contribution in [-0.4, -0.2) is 47.9 Å². The summed E-state index contributed by atoms with van der Waals surface area (Å²) in [7, 11) is 0. The van der Waals surface area contributed by atoms with E-state index >= 15 is 0 Å². The van der Waals surface area contributed by atoms with Crippen molar-refractivity contribution in [3.63, 3.8) is 0 Å². The molecule has 2 N–H and O–H groups in total. The fourth-order valence-corrected chi connectivity index (χ4v) is 2.57. The van der Waals surface area contributed by atoms with Crippen molar-refractivity contribution in [2.24, 2.45) is 5.73 Å². The molecule has 2 saturated heterocycles. The summed E-state index contributed by atoms with van der Waals surface area (Å²) in [6.07, 6.45) is 1.37. The molecule has 1 amide bonds. The van der Waals surface area contributed by atoms with Crippen LogP contribution < -0.4 is 5.73 Å². The monoisotopic (exact) mass is 242 g/mol. The van der Waals surface area contributed by atoms with Crippen LogP contribution in [0.5, 0.6) is 0 Å². The molecule has 0 spiro atoms. The maximum absolute atomic E-state index is 12.1. The molecule has 0 aromatic carbocycles. The van der Waals surface area contributed by atoms with E-state index in [1.807, 2.05) is 25.7 Å². The third-order valence-electron chi connectivity index (χ3n) is 3.16. The van der Waals surface area contributed by atoms with Gasteiger partial charge in [0.25, 0.3) is 0 Å². The van der Waals surface area contributed by atoms with Gasteiger partial charge in [0.1, 0.15) is 5.60 Å². The van der Waals surface area contributed by atoms with E-state index in [-0.39, 0.29) is 24.2 Å². The van der Waals surface area contributed by atoms with Crippen molar-refractivity contribution in [1.82, 2.24) is 4.90 Å². The van der Waals surface area contributed by atoms with Crippen LogP contribution >= 0.6 is 0 Å². The normalized spacial score (nSPS) is 33.4. The molecule has 0 unspecified atom stereocenters. The Hall–Kier alpha value is -0.810. The summed E-state index contributed by atoms with van der Waals surface area (Å²) in [6.45, 7) is 6.79. The fourth-order valence-electron chi connectivity index (χ4n) is 2.57. The van der Waals surface area contributed by atoms with Gasteiger partial charge in [-0.2, -0.15) is 0 Å². The smallest absolute Gasteiger partial charge is 0.410 e. The number of rotatable bonds is 0. The Balaban J connectivity index is 2.07. The number of carbonyl (C=O) groups is 1. The van der Waals surface area contributed by atoms with Gasteiger partial charge in [0, 0.05) is 6.04 Å². The SMILES string of the molecule is CC(C)(C)OC(=O)N1[C@H]2COC[C@H]1CC(N)C2. The highest BCUT2D eigenvalue weighted by Crippen LogP contribution is 2.28. The minimum atomic E-state index is -0.453. The summed E-state index contributed by atoms with van der Waals surface area (Å²) in [6, 6.07) is 0.326. The highest BCUT2D eigenvalue weighted by molar-refractivity contribution is 5.69. The second-order valence-electron chi connectivity index (χ2n) is 5.96. The Kier molecular flexibility index (Phi) is 3.32. The summed E-state index contributed by atoms with van der Waals surface area (Å²) in [4.78, 5) is 14.0. The van der Waals surface area contributed by atoms with Crippen LogP contribution in [0.25, 0.3) is 0 Å². The van der Waals surface area contributed by atoms with Crippen molar-refractivity contribution < 1.29 is 14.3 Å². The Morgan fingerprint density at radius 3 is 2.29 bits per heavy atom. The molecule has 2 bridgehead atoms. The highest BCUT2D eigenvalue weighted by Gasteiger charge is 2.42. The molecule has 0 saturated carbocycles. The van der Waals surface area contributed by atoms with Crippen LogP contribution in [0.4, 0.5) is 4.79 Å². The number of amides is 1.